The Morgan fingerprint density at radius 3 is 2.69 bits per heavy atom. The van der Waals surface area contributed by atoms with Crippen molar-refractivity contribution >= 4 is 11.8 Å². The number of nitrogens with zero attached hydrogens (tertiary/aromatic N) is 1. The van der Waals surface area contributed by atoms with Gasteiger partial charge in [0.1, 0.15) is 0 Å². The molecule has 0 amide bonds. The van der Waals surface area contributed by atoms with E-state index in [2.05, 4.69) is 18.1 Å². The van der Waals surface area contributed by atoms with E-state index in [1.165, 1.54) is 50.9 Å². The molecule has 1 fully saturated rings. The molecule has 1 saturated carbocycles. The zero-order valence-corrected chi connectivity index (χ0v) is 11.8. The van der Waals surface area contributed by atoms with Crippen LogP contribution in [0.1, 0.15) is 39.0 Å². The van der Waals surface area contributed by atoms with Crippen molar-refractivity contribution in [2.75, 3.05) is 31.6 Å². The molecule has 2 unspecified atom stereocenters. The van der Waals surface area contributed by atoms with Crippen molar-refractivity contribution in [3.8, 4) is 0 Å². The number of rotatable bonds is 7. The first-order chi connectivity index (χ1) is 7.83. The van der Waals surface area contributed by atoms with Crippen LogP contribution in [-0.2, 0) is 0 Å². The standard InChI is InChI=1S/C13H28N2S/c1-3-15(9-6-10-16-2)13-8-5-4-7-12(13)11-14/h12-13H,3-11,14H2,1-2H3. The van der Waals surface area contributed by atoms with E-state index in [4.69, 9.17) is 5.73 Å². The Hall–Kier alpha value is 0.270. The summed E-state index contributed by atoms with van der Waals surface area (Å²) in [4.78, 5) is 2.67. The van der Waals surface area contributed by atoms with Gasteiger partial charge in [-0.05, 0) is 56.8 Å². The van der Waals surface area contributed by atoms with E-state index in [9.17, 15) is 0 Å². The molecule has 0 saturated heterocycles. The van der Waals surface area contributed by atoms with Crippen LogP contribution in [0.25, 0.3) is 0 Å². The van der Waals surface area contributed by atoms with Crippen LogP contribution in [0.4, 0.5) is 0 Å². The first kappa shape index (κ1) is 14.3. The Kier molecular flexibility index (Phi) is 7.50. The quantitative estimate of drug-likeness (QED) is 0.698. The molecule has 0 aromatic rings. The molecule has 1 aliphatic carbocycles. The molecule has 0 heterocycles. The highest BCUT2D eigenvalue weighted by Gasteiger charge is 2.27. The van der Waals surface area contributed by atoms with Gasteiger partial charge in [0.2, 0.25) is 0 Å². The van der Waals surface area contributed by atoms with Gasteiger partial charge in [-0.25, -0.2) is 0 Å². The lowest BCUT2D eigenvalue weighted by Gasteiger charge is -2.39. The van der Waals surface area contributed by atoms with Crippen LogP contribution in [-0.4, -0.2) is 42.6 Å². The fraction of sp³-hybridized carbons (Fsp3) is 1.00. The van der Waals surface area contributed by atoms with Crippen molar-refractivity contribution < 1.29 is 0 Å². The lowest BCUT2D eigenvalue weighted by Crippen LogP contribution is -2.45. The third kappa shape index (κ3) is 4.27. The SMILES string of the molecule is CCN(CCCSC)C1CCCCC1CN. The Balaban J connectivity index is 2.41. The van der Waals surface area contributed by atoms with E-state index >= 15 is 0 Å². The second-order valence-electron chi connectivity index (χ2n) is 4.82. The van der Waals surface area contributed by atoms with E-state index in [1.807, 2.05) is 11.8 Å². The second kappa shape index (κ2) is 8.37. The van der Waals surface area contributed by atoms with Crippen LogP contribution < -0.4 is 5.73 Å². The van der Waals surface area contributed by atoms with Crippen LogP contribution >= 0.6 is 11.8 Å². The predicted molar refractivity (Wildman–Crippen MR) is 75.0 cm³/mol. The Morgan fingerprint density at radius 2 is 2.06 bits per heavy atom. The summed E-state index contributed by atoms with van der Waals surface area (Å²) in [6.07, 6.45) is 9.03. The minimum Gasteiger partial charge on any atom is -0.330 e. The van der Waals surface area contributed by atoms with Gasteiger partial charge in [0, 0.05) is 6.04 Å². The first-order valence-electron chi connectivity index (χ1n) is 6.76. The first-order valence-corrected chi connectivity index (χ1v) is 8.15. The number of thioether (sulfide) groups is 1. The molecule has 96 valence electrons. The Labute approximate surface area is 105 Å². The zero-order chi connectivity index (χ0) is 11.8. The minimum absolute atomic E-state index is 0.753. The fourth-order valence-corrected chi connectivity index (χ4v) is 3.33. The van der Waals surface area contributed by atoms with Gasteiger partial charge in [0.05, 0.1) is 0 Å². The fourth-order valence-electron chi connectivity index (χ4n) is 2.91. The molecule has 16 heavy (non-hydrogen) atoms. The van der Waals surface area contributed by atoms with Gasteiger partial charge in [-0.3, -0.25) is 0 Å². The van der Waals surface area contributed by atoms with E-state index in [1.54, 1.807) is 0 Å². The molecule has 1 rings (SSSR count). The summed E-state index contributed by atoms with van der Waals surface area (Å²) in [5.41, 5.74) is 5.91. The van der Waals surface area contributed by atoms with Crippen LogP contribution in [0.15, 0.2) is 0 Å². The van der Waals surface area contributed by atoms with Gasteiger partial charge < -0.3 is 10.6 Å². The summed E-state index contributed by atoms with van der Waals surface area (Å²) in [5, 5.41) is 0. The molecule has 3 heteroatoms. The van der Waals surface area contributed by atoms with Gasteiger partial charge in [-0.2, -0.15) is 11.8 Å². The van der Waals surface area contributed by atoms with Crippen molar-refractivity contribution in [2.24, 2.45) is 11.7 Å². The van der Waals surface area contributed by atoms with Crippen LogP contribution in [0.5, 0.6) is 0 Å². The summed E-state index contributed by atoms with van der Waals surface area (Å²) in [7, 11) is 0. The summed E-state index contributed by atoms with van der Waals surface area (Å²) >= 11 is 1.96. The highest BCUT2D eigenvalue weighted by atomic mass is 32.2. The minimum atomic E-state index is 0.753. The molecule has 2 N–H and O–H groups in total. The van der Waals surface area contributed by atoms with Gasteiger partial charge in [0.15, 0.2) is 0 Å². The maximum atomic E-state index is 5.91. The average Bonchev–Trinajstić information content (AvgIpc) is 2.35. The Morgan fingerprint density at radius 1 is 1.31 bits per heavy atom. The van der Waals surface area contributed by atoms with E-state index < -0.39 is 0 Å². The summed E-state index contributed by atoms with van der Waals surface area (Å²) in [5.74, 6) is 2.04. The smallest absolute Gasteiger partial charge is 0.0135 e. The molecule has 1 aliphatic rings. The highest BCUT2D eigenvalue weighted by Crippen LogP contribution is 2.27. The topological polar surface area (TPSA) is 29.3 Å². The lowest BCUT2D eigenvalue weighted by atomic mass is 9.83. The van der Waals surface area contributed by atoms with Crippen molar-refractivity contribution in [3.63, 3.8) is 0 Å². The molecule has 2 atom stereocenters. The summed E-state index contributed by atoms with van der Waals surface area (Å²) in [6, 6.07) is 0.769. The highest BCUT2D eigenvalue weighted by molar-refractivity contribution is 7.98. The third-order valence-corrected chi connectivity index (χ3v) is 4.54. The van der Waals surface area contributed by atoms with Gasteiger partial charge in [-0.1, -0.05) is 19.8 Å². The van der Waals surface area contributed by atoms with Crippen LogP contribution in [0, 0.1) is 5.92 Å². The number of nitrogens with two attached hydrogens (primary N) is 1. The number of hydrogen-bond acceptors (Lipinski definition) is 3. The van der Waals surface area contributed by atoms with Gasteiger partial charge in [-0.15, -0.1) is 0 Å². The van der Waals surface area contributed by atoms with E-state index in [0.29, 0.717) is 0 Å². The normalized spacial score (nSPS) is 26.2. The second-order valence-corrected chi connectivity index (χ2v) is 5.81. The number of hydrogen-bond donors (Lipinski definition) is 1. The van der Waals surface area contributed by atoms with Crippen LogP contribution in [0.3, 0.4) is 0 Å². The predicted octanol–water partition coefficient (Wildman–Crippen LogP) is 2.58. The van der Waals surface area contributed by atoms with Crippen molar-refractivity contribution in [1.29, 1.82) is 0 Å². The lowest BCUT2D eigenvalue weighted by molar-refractivity contribution is 0.113. The Bertz CT molecular complexity index is 175. The molecular formula is C13H28N2S. The van der Waals surface area contributed by atoms with Crippen molar-refractivity contribution in [1.82, 2.24) is 4.90 Å². The van der Waals surface area contributed by atoms with Crippen molar-refractivity contribution in [3.05, 3.63) is 0 Å². The summed E-state index contributed by atoms with van der Waals surface area (Å²) in [6.45, 7) is 5.62. The molecular weight excluding hydrogens is 216 g/mol. The van der Waals surface area contributed by atoms with Crippen LogP contribution in [0.2, 0.25) is 0 Å². The van der Waals surface area contributed by atoms with Gasteiger partial charge >= 0.3 is 0 Å². The molecule has 0 aromatic heterocycles. The summed E-state index contributed by atoms with van der Waals surface area (Å²) < 4.78 is 0. The largest absolute Gasteiger partial charge is 0.330 e. The average molecular weight is 244 g/mol. The molecule has 0 spiro atoms. The van der Waals surface area contributed by atoms with E-state index in [0.717, 1.165) is 18.5 Å². The molecule has 0 bridgehead atoms. The van der Waals surface area contributed by atoms with E-state index in [-0.39, 0.29) is 0 Å². The maximum absolute atomic E-state index is 5.91. The molecule has 0 radical (unpaired) electrons. The molecule has 0 aliphatic heterocycles. The molecule has 0 aromatic carbocycles. The van der Waals surface area contributed by atoms with Gasteiger partial charge in [0.25, 0.3) is 0 Å². The third-order valence-electron chi connectivity index (χ3n) is 3.84. The zero-order valence-electron chi connectivity index (χ0n) is 11.0. The van der Waals surface area contributed by atoms with Crippen molar-refractivity contribution in [2.45, 2.75) is 45.1 Å². The molecule has 2 nitrogen and oxygen atoms in total. The maximum Gasteiger partial charge on any atom is 0.0135 e. The monoisotopic (exact) mass is 244 g/mol.